The number of anilines is 1. The molecule has 0 aliphatic carbocycles. The van der Waals surface area contributed by atoms with Gasteiger partial charge in [0.05, 0.1) is 35.8 Å². The smallest absolute Gasteiger partial charge is 0.220 e. The second kappa shape index (κ2) is 9.65. The van der Waals surface area contributed by atoms with Gasteiger partial charge in [0.2, 0.25) is 5.95 Å². The van der Waals surface area contributed by atoms with Gasteiger partial charge in [-0.2, -0.15) is 0 Å². The highest BCUT2D eigenvalue weighted by Gasteiger charge is 2.24. The lowest BCUT2D eigenvalue weighted by atomic mass is 9.96. The number of imidazole rings is 1. The van der Waals surface area contributed by atoms with Crippen LogP contribution in [-0.4, -0.2) is 69.0 Å². The molecule has 2 aliphatic heterocycles. The highest BCUT2D eigenvalue weighted by atomic mass is 35.5. The van der Waals surface area contributed by atoms with Crippen molar-refractivity contribution in [1.29, 1.82) is 0 Å². The number of nitrogens with two attached hydrogens (primary N) is 1. The predicted octanol–water partition coefficient (Wildman–Crippen LogP) is 2.08. The molecule has 2 fully saturated rings. The number of nitrogens with zero attached hydrogens (tertiary/aromatic N) is 5. The predicted molar refractivity (Wildman–Crippen MR) is 109 cm³/mol. The van der Waals surface area contributed by atoms with Crippen LogP contribution in [0.1, 0.15) is 37.4 Å². The molecule has 1 unspecified atom stereocenters. The summed E-state index contributed by atoms with van der Waals surface area (Å²) in [6.07, 6.45) is 7.35. The van der Waals surface area contributed by atoms with Crippen molar-refractivity contribution in [2.45, 2.75) is 37.7 Å². The molecule has 2 aliphatic rings. The summed E-state index contributed by atoms with van der Waals surface area (Å²) in [6.45, 7) is 3.58. The van der Waals surface area contributed by atoms with Gasteiger partial charge in [0.15, 0.2) is 0 Å². The molecule has 9 heteroatoms. The lowest BCUT2D eigenvalue weighted by Gasteiger charge is -2.28. The summed E-state index contributed by atoms with van der Waals surface area (Å²) >= 11 is 6.19. The molecular weight excluding hydrogens is 380 g/mol. The highest BCUT2D eigenvalue weighted by Crippen LogP contribution is 2.31. The van der Waals surface area contributed by atoms with Crippen LogP contribution in [0.5, 0.6) is 0 Å². The van der Waals surface area contributed by atoms with E-state index in [1.54, 1.807) is 0 Å². The summed E-state index contributed by atoms with van der Waals surface area (Å²) in [5.74, 6) is 1.79. The number of nitrogen functional groups attached to an aromatic ring is 1. The Kier molecular flexibility index (Phi) is 7.23. The molecule has 1 atom stereocenters. The minimum absolute atomic E-state index is 0.186. The van der Waals surface area contributed by atoms with Crippen LogP contribution in [0.15, 0.2) is 12.4 Å². The van der Waals surface area contributed by atoms with E-state index in [-0.39, 0.29) is 12.1 Å². The molecule has 0 saturated carbocycles. The van der Waals surface area contributed by atoms with Gasteiger partial charge in [-0.25, -0.2) is 15.0 Å². The van der Waals surface area contributed by atoms with Crippen LogP contribution >= 0.6 is 11.6 Å². The Bertz CT molecular complexity index is 770. The van der Waals surface area contributed by atoms with E-state index in [0.717, 1.165) is 56.9 Å². The number of halogens is 1. The molecule has 28 heavy (non-hydrogen) atoms. The van der Waals surface area contributed by atoms with Crippen LogP contribution in [0.3, 0.4) is 0 Å². The van der Waals surface area contributed by atoms with Crippen LogP contribution in [0.2, 0.25) is 5.02 Å². The van der Waals surface area contributed by atoms with Crippen molar-refractivity contribution in [3.8, 4) is 11.4 Å². The molecule has 0 aromatic carbocycles. The van der Waals surface area contributed by atoms with Crippen molar-refractivity contribution >= 4 is 17.5 Å². The van der Waals surface area contributed by atoms with Crippen LogP contribution in [-0.2, 0) is 11.8 Å². The fourth-order valence-corrected chi connectivity index (χ4v) is 3.76. The first kappa shape index (κ1) is 21.0. The molecule has 4 rings (SSSR count). The molecule has 3 N–H and O–H groups in total. The zero-order valence-corrected chi connectivity index (χ0v) is 17.3. The molecule has 0 amide bonds. The van der Waals surface area contributed by atoms with Gasteiger partial charge < -0.3 is 25.0 Å². The van der Waals surface area contributed by atoms with Gasteiger partial charge in [0.25, 0.3) is 0 Å². The van der Waals surface area contributed by atoms with Gasteiger partial charge >= 0.3 is 0 Å². The quantitative estimate of drug-likeness (QED) is 0.784. The number of rotatable bonds is 2. The van der Waals surface area contributed by atoms with E-state index in [4.69, 9.17) is 27.2 Å². The van der Waals surface area contributed by atoms with Gasteiger partial charge in [-0.05, 0) is 45.8 Å². The van der Waals surface area contributed by atoms with Gasteiger partial charge in [-0.3, -0.25) is 0 Å². The number of aliphatic hydroxyl groups excluding tert-OH is 1. The minimum atomic E-state index is -0.186. The summed E-state index contributed by atoms with van der Waals surface area (Å²) in [5.41, 5.74) is 7.18. The van der Waals surface area contributed by atoms with Crippen LogP contribution in [0, 0.1) is 0 Å². The van der Waals surface area contributed by atoms with E-state index in [2.05, 4.69) is 31.5 Å². The maximum absolute atomic E-state index is 8.78. The van der Waals surface area contributed by atoms with Crippen molar-refractivity contribution < 1.29 is 9.84 Å². The summed E-state index contributed by atoms with van der Waals surface area (Å²) in [4.78, 5) is 15.1. The summed E-state index contributed by atoms with van der Waals surface area (Å²) in [7, 11) is 4.16. The number of likely N-dealkylation sites (tertiary alicyclic amines) is 1. The van der Waals surface area contributed by atoms with E-state index in [0.29, 0.717) is 23.2 Å². The van der Waals surface area contributed by atoms with Crippen LogP contribution < -0.4 is 5.73 Å². The van der Waals surface area contributed by atoms with Crippen molar-refractivity contribution in [3.63, 3.8) is 0 Å². The first-order chi connectivity index (χ1) is 13.5. The Balaban J connectivity index is 0.000000271. The Morgan fingerprint density at radius 3 is 2.54 bits per heavy atom. The zero-order chi connectivity index (χ0) is 20.1. The average Bonchev–Trinajstić information content (AvgIpc) is 3.07. The second-order valence-corrected chi connectivity index (χ2v) is 7.84. The van der Waals surface area contributed by atoms with Crippen molar-refractivity contribution in [2.24, 2.45) is 7.05 Å². The van der Waals surface area contributed by atoms with Crippen molar-refractivity contribution in [2.75, 3.05) is 39.1 Å². The largest absolute Gasteiger partial charge is 0.391 e. The van der Waals surface area contributed by atoms with E-state index < -0.39 is 0 Å². The van der Waals surface area contributed by atoms with Crippen LogP contribution in [0.4, 0.5) is 5.95 Å². The Morgan fingerprint density at radius 1 is 1.18 bits per heavy atom. The second-order valence-electron chi connectivity index (χ2n) is 7.43. The Hall–Kier alpha value is -1.74. The zero-order valence-electron chi connectivity index (χ0n) is 16.5. The standard InChI is InChI=1S/C14H19ClN6.C5H10O2/c1-20-5-3-9(4-6-20)13-17-8-11(21(13)2)12-10(15)7-18-14(16)19-12;6-5-2-1-3-7-4-5/h7-9H,3-6H2,1-2H3,(H2,16,18,19);5-6H,1-4H2. The number of piperidine rings is 1. The third-order valence-corrected chi connectivity index (χ3v) is 5.53. The van der Waals surface area contributed by atoms with Gasteiger partial charge in [0, 0.05) is 19.6 Å². The SMILES string of the molecule is CN1CCC(c2ncc(-c3nc(N)ncc3Cl)n2C)CC1.OC1CCCOC1. The number of aromatic nitrogens is 4. The first-order valence-corrected chi connectivity index (χ1v) is 10.1. The van der Waals surface area contributed by atoms with E-state index >= 15 is 0 Å². The fraction of sp³-hybridized carbons (Fsp3) is 0.632. The van der Waals surface area contributed by atoms with Gasteiger partial charge in [0.1, 0.15) is 11.5 Å². The maximum atomic E-state index is 8.78. The number of aliphatic hydroxyl groups is 1. The average molecular weight is 409 g/mol. The van der Waals surface area contributed by atoms with Crippen molar-refractivity contribution in [1.82, 2.24) is 24.4 Å². The fourth-order valence-electron chi connectivity index (χ4n) is 3.57. The lowest BCUT2D eigenvalue weighted by Crippen LogP contribution is -2.30. The molecule has 0 spiro atoms. The minimum Gasteiger partial charge on any atom is -0.391 e. The molecule has 2 saturated heterocycles. The number of ether oxygens (including phenoxy) is 1. The molecule has 8 nitrogen and oxygen atoms in total. The maximum Gasteiger partial charge on any atom is 0.220 e. The van der Waals surface area contributed by atoms with E-state index in [1.807, 2.05) is 13.2 Å². The number of hydrogen-bond donors (Lipinski definition) is 2. The van der Waals surface area contributed by atoms with Crippen LogP contribution in [0.25, 0.3) is 11.4 Å². The summed E-state index contributed by atoms with van der Waals surface area (Å²) < 4.78 is 7.00. The molecular formula is C19H29ClN6O2. The summed E-state index contributed by atoms with van der Waals surface area (Å²) in [6, 6.07) is 0. The Labute approximate surface area is 170 Å². The van der Waals surface area contributed by atoms with Gasteiger partial charge in [-0.1, -0.05) is 11.6 Å². The summed E-state index contributed by atoms with van der Waals surface area (Å²) in [5, 5.41) is 9.27. The molecule has 0 bridgehead atoms. The molecule has 2 aromatic rings. The monoisotopic (exact) mass is 408 g/mol. The first-order valence-electron chi connectivity index (χ1n) is 9.70. The molecule has 2 aromatic heterocycles. The van der Waals surface area contributed by atoms with E-state index in [1.165, 1.54) is 6.20 Å². The van der Waals surface area contributed by atoms with Crippen molar-refractivity contribution in [3.05, 3.63) is 23.2 Å². The number of hydrogen-bond acceptors (Lipinski definition) is 7. The molecule has 154 valence electrons. The molecule has 0 radical (unpaired) electrons. The van der Waals surface area contributed by atoms with E-state index in [9.17, 15) is 0 Å². The van der Waals surface area contributed by atoms with Gasteiger partial charge in [-0.15, -0.1) is 0 Å². The molecule has 4 heterocycles. The highest BCUT2D eigenvalue weighted by molar-refractivity contribution is 6.32. The normalized spacial score (nSPS) is 21.2. The Morgan fingerprint density at radius 2 is 1.93 bits per heavy atom. The third-order valence-electron chi connectivity index (χ3n) is 5.25. The third kappa shape index (κ3) is 5.20. The lowest BCUT2D eigenvalue weighted by molar-refractivity contribution is -0.00535. The topological polar surface area (TPSA) is 102 Å².